The first-order valence-electron chi connectivity index (χ1n) is 2.98. The van der Waals surface area contributed by atoms with Crippen molar-refractivity contribution in [2.24, 2.45) is 0 Å². The van der Waals surface area contributed by atoms with E-state index in [0.29, 0.717) is 15.9 Å². The highest BCUT2D eigenvalue weighted by molar-refractivity contribution is 8.00. The average Bonchev–Trinajstić information content (AvgIpc) is 1.98. The molecule has 0 aliphatic carbocycles. The van der Waals surface area contributed by atoms with Gasteiger partial charge in [0.15, 0.2) is 5.16 Å². The van der Waals surface area contributed by atoms with Crippen LogP contribution in [0, 0.1) is 6.92 Å². The Morgan fingerprint density at radius 3 is 3.09 bits per heavy atom. The van der Waals surface area contributed by atoms with Gasteiger partial charge in [-0.2, -0.15) is 0 Å². The molecule has 0 amide bonds. The Hall–Kier alpha value is -0.480. The van der Waals surface area contributed by atoms with Crippen LogP contribution in [0.2, 0.25) is 0 Å². The van der Waals surface area contributed by atoms with Gasteiger partial charge < -0.3 is 4.98 Å². The van der Waals surface area contributed by atoms with E-state index in [1.807, 2.05) is 0 Å². The van der Waals surface area contributed by atoms with Crippen LogP contribution in [0.1, 0.15) is 5.56 Å². The highest BCUT2D eigenvalue weighted by atomic mass is 35.5. The second-order valence-corrected chi connectivity index (χ2v) is 3.50. The third-order valence-electron chi connectivity index (χ3n) is 1.15. The second kappa shape index (κ2) is 3.78. The predicted molar refractivity (Wildman–Crippen MR) is 46.2 cm³/mol. The minimum Gasteiger partial charge on any atom is -0.301 e. The normalized spacial score (nSPS) is 10.0. The zero-order valence-electron chi connectivity index (χ0n) is 5.93. The standard InChI is InChI=1S/C6H7ClN2OS/c1-4-2-8-6(11-3-7)9-5(4)10/h2H,3H2,1H3,(H,8,9,10). The van der Waals surface area contributed by atoms with Crippen LogP contribution in [0.5, 0.6) is 0 Å². The van der Waals surface area contributed by atoms with Gasteiger partial charge >= 0.3 is 0 Å². The van der Waals surface area contributed by atoms with E-state index in [4.69, 9.17) is 11.6 Å². The largest absolute Gasteiger partial charge is 0.301 e. The van der Waals surface area contributed by atoms with Crippen molar-refractivity contribution in [3.05, 3.63) is 22.1 Å². The number of aromatic amines is 1. The molecule has 0 saturated carbocycles. The number of hydrogen-bond acceptors (Lipinski definition) is 3. The number of aryl methyl sites for hydroxylation is 1. The number of nitrogens with one attached hydrogen (secondary N) is 1. The van der Waals surface area contributed by atoms with E-state index in [9.17, 15) is 4.79 Å². The van der Waals surface area contributed by atoms with Gasteiger partial charge in [0.25, 0.3) is 5.56 Å². The van der Waals surface area contributed by atoms with E-state index in [2.05, 4.69) is 9.97 Å². The maximum absolute atomic E-state index is 11.0. The highest BCUT2D eigenvalue weighted by Crippen LogP contribution is 2.10. The van der Waals surface area contributed by atoms with Gasteiger partial charge in [-0.1, -0.05) is 11.8 Å². The van der Waals surface area contributed by atoms with E-state index >= 15 is 0 Å². The average molecular weight is 191 g/mol. The topological polar surface area (TPSA) is 45.8 Å². The third-order valence-corrected chi connectivity index (χ3v) is 2.06. The monoisotopic (exact) mass is 190 g/mol. The number of aromatic nitrogens is 2. The van der Waals surface area contributed by atoms with Crippen LogP contribution in [0.25, 0.3) is 0 Å². The summed E-state index contributed by atoms with van der Waals surface area (Å²) in [6.07, 6.45) is 1.54. The summed E-state index contributed by atoms with van der Waals surface area (Å²) in [4.78, 5) is 17.5. The minimum absolute atomic E-state index is 0.104. The maximum Gasteiger partial charge on any atom is 0.254 e. The summed E-state index contributed by atoms with van der Waals surface area (Å²) < 4.78 is 0. The molecule has 0 unspecified atom stereocenters. The Kier molecular flexibility index (Phi) is 2.96. The predicted octanol–water partition coefficient (Wildman–Crippen LogP) is 1.37. The fourth-order valence-corrected chi connectivity index (χ4v) is 1.27. The number of H-pyrrole nitrogens is 1. The molecule has 0 aliphatic heterocycles. The molecule has 11 heavy (non-hydrogen) atoms. The van der Waals surface area contributed by atoms with Crippen LogP contribution in [-0.4, -0.2) is 15.2 Å². The lowest BCUT2D eigenvalue weighted by Crippen LogP contribution is -2.10. The molecule has 1 N–H and O–H groups in total. The Balaban J connectivity index is 2.96. The summed E-state index contributed by atoms with van der Waals surface area (Å²) in [6.45, 7) is 1.71. The number of halogens is 1. The van der Waals surface area contributed by atoms with E-state index in [1.54, 1.807) is 6.92 Å². The molecule has 1 rings (SSSR count). The van der Waals surface area contributed by atoms with Gasteiger partial charge in [-0.05, 0) is 6.92 Å². The molecule has 1 aromatic rings. The quantitative estimate of drug-likeness (QED) is 0.435. The number of hydrogen-bond donors (Lipinski definition) is 1. The number of nitrogens with zero attached hydrogens (tertiary/aromatic N) is 1. The fraction of sp³-hybridized carbons (Fsp3) is 0.333. The molecule has 0 bridgehead atoms. The van der Waals surface area contributed by atoms with Crippen molar-refractivity contribution < 1.29 is 0 Å². The second-order valence-electron chi connectivity index (χ2n) is 1.95. The van der Waals surface area contributed by atoms with Crippen LogP contribution in [0.3, 0.4) is 0 Å². The van der Waals surface area contributed by atoms with Crippen molar-refractivity contribution in [2.75, 3.05) is 5.21 Å². The molecule has 0 radical (unpaired) electrons. The molecule has 0 aliphatic rings. The third kappa shape index (κ3) is 2.24. The molecular weight excluding hydrogens is 184 g/mol. The van der Waals surface area contributed by atoms with Crippen LogP contribution in [0.4, 0.5) is 0 Å². The van der Waals surface area contributed by atoms with Crippen molar-refractivity contribution in [3.63, 3.8) is 0 Å². The molecule has 3 nitrogen and oxygen atoms in total. The fourth-order valence-electron chi connectivity index (χ4n) is 0.567. The lowest BCUT2D eigenvalue weighted by Gasteiger charge is -1.95. The number of rotatable bonds is 2. The van der Waals surface area contributed by atoms with Gasteiger partial charge in [-0.25, -0.2) is 4.98 Å². The van der Waals surface area contributed by atoms with Crippen molar-refractivity contribution in [3.8, 4) is 0 Å². The van der Waals surface area contributed by atoms with Gasteiger partial charge in [0.05, 0.1) is 5.21 Å². The summed E-state index contributed by atoms with van der Waals surface area (Å²) in [7, 11) is 0. The molecule has 1 heterocycles. The Labute approximate surface area is 73.2 Å². The van der Waals surface area contributed by atoms with Crippen LogP contribution in [-0.2, 0) is 0 Å². The molecule has 60 valence electrons. The van der Waals surface area contributed by atoms with Crippen LogP contribution >= 0.6 is 23.4 Å². The maximum atomic E-state index is 11.0. The minimum atomic E-state index is -0.104. The number of thioether (sulfide) groups is 1. The highest BCUT2D eigenvalue weighted by Gasteiger charge is 1.96. The summed E-state index contributed by atoms with van der Waals surface area (Å²) in [5, 5.41) is 0.960. The molecule has 1 aromatic heterocycles. The van der Waals surface area contributed by atoms with Crippen molar-refractivity contribution in [1.82, 2.24) is 9.97 Å². The smallest absolute Gasteiger partial charge is 0.254 e. The van der Waals surface area contributed by atoms with Crippen LogP contribution < -0.4 is 5.56 Å². The molecule has 0 spiro atoms. The van der Waals surface area contributed by atoms with Crippen molar-refractivity contribution >= 4 is 23.4 Å². The van der Waals surface area contributed by atoms with E-state index in [1.165, 1.54) is 18.0 Å². The van der Waals surface area contributed by atoms with Crippen molar-refractivity contribution in [1.29, 1.82) is 0 Å². The van der Waals surface area contributed by atoms with Crippen LogP contribution in [0.15, 0.2) is 16.1 Å². The van der Waals surface area contributed by atoms with Gasteiger partial charge in [0.2, 0.25) is 0 Å². The zero-order valence-corrected chi connectivity index (χ0v) is 7.50. The van der Waals surface area contributed by atoms with E-state index in [-0.39, 0.29) is 5.56 Å². The van der Waals surface area contributed by atoms with Gasteiger partial charge in [0, 0.05) is 11.8 Å². The lowest BCUT2D eigenvalue weighted by atomic mass is 10.4. The summed E-state index contributed by atoms with van der Waals surface area (Å²) in [6, 6.07) is 0. The van der Waals surface area contributed by atoms with Gasteiger partial charge in [-0.15, -0.1) is 11.6 Å². The first-order valence-corrected chi connectivity index (χ1v) is 4.50. The molecule has 0 saturated heterocycles. The molecular formula is C6H7ClN2OS. The van der Waals surface area contributed by atoms with Gasteiger partial charge in [0.1, 0.15) is 0 Å². The molecule has 0 fully saturated rings. The van der Waals surface area contributed by atoms with E-state index in [0.717, 1.165) is 0 Å². The first-order chi connectivity index (χ1) is 5.24. The lowest BCUT2D eigenvalue weighted by molar-refractivity contribution is 0.919. The SMILES string of the molecule is Cc1cnc(SCCl)[nH]c1=O. The molecule has 0 aromatic carbocycles. The zero-order chi connectivity index (χ0) is 8.27. The molecule has 0 atom stereocenters. The summed E-state index contributed by atoms with van der Waals surface area (Å²) in [5.41, 5.74) is 0.511. The Bertz CT molecular complexity index is 299. The first kappa shape index (κ1) is 8.62. The van der Waals surface area contributed by atoms with E-state index < -0.39 is 0 Å². The van der Waals surface area contributed by atoms with Crippen molar-refractivity contribution in [2.45, 2.75) is 12.1 Å². The molecule has 5 heteroatoms. The Morgan fingerprint density at radius 2 is 2.55 bits per heavy atom. The number of alkyl halides is 1. The Morgan fingerprint density at radius 1 is 1.82 bits per heavy atom. The summed E-state index contributed by atoms with van der Waals surface area (Å²) in [5.74, 6) is 0. The summed E-state index contributed by atoms with van der Waals surface area (Å²) >= 11 is 6.73. The van der Waals surface area contributed by atoms with Gasteiger partial charge in [-0.3, -0.25) is 4.79 Å².